The Kier molecular flexibility index (Phi) is 4.86. The van der Waals surface area contributed by atoms with Crippen LogP contribution in [0.15, 0.2) is 23.1 Å². The lowest BCUT2D eigenvalue weighted by Crippen LogP contribution is -2.05. The summed E-state index contributed by atoms with van der Waals surface area (Å²) in [5, 5.41) is 0. The molecule has 0 bridgehead atoms. The first kappa shape index (κ1) is 13.6. The third-order valence-electron chi connectivity index (χ3n) is 1.88. The van der Waals surface area contributed by atoms with Gasteiger partial charge in [0.15, 0.2) is 0 Å². The standard InChI is InChI=1S/C10H12F3NS2/c1-15-4-5-16-9-3-2-7(6-8(9)14)10(11,12)13/h2-3,6H,4-5,14H2,1H3. The molecule has 16 heavy (non-hydrogen) atoms. The van der Waals surface area contributed by atoms with Gasteiger partial charge in [0.05, 0.1) is 5.56 Å². The normalized spacial score (nSPS) is 11.8. The highest BCUT2D eigenvalue weighted by molar-refractivity contribution is 8.02. The molecule has 0 aliphatic carbocycles. The van der Waals surface area contributed by atoms with Gasteiger partial charge in [0.25, 0.3) is 0 Å². The molecule has 1 aromatic rings. The Hall–Kier alpha value is -0.490. The van der Waals surface area contributed by atoms with E-state index < -0.39 is 11.7 Å². The molecule has 0 aliphatic heterocycles. The molecule has 0 amide bonds. The Morgan fingerprint density at radius 2 is 1.94 bits per heavy atom. The fraction of sp³-hybridized carbons (Fsp3) is 0.400. The highest BCUT2D eigenvalue weighted by Gasteiger charge is 2.30. The van der Waals surface area contributed by atoms with Gasteiger partial charge in [0.2, 0.25) is 0 Å². The lowest BCUT2D eigenvalue weighted by atomic mass is 10.2. The van der Waals surface area contributed by atoms with E-state index in [9.17, 15) is 13.2 Å². The summed E-state index contributed by atoms with van der Waals surface area (Å²) < 4.78 is 37.0. The molecule has 6 heteroatoms. The summed E-state index contributed by atoms with van der Waals surface area (Å²) in [7, 11) is 0. The molecule has 0 aliphatic rings. The molecule has 0 fully saturated rings. The molecule has 0 heterocycles. The molecule has 0 radical (unpaired) electrons. The number of alkyl halides is 3. The van der Waals surface area contributed by atoms with Crippen LogP contribution < -0.4 is 5.73 Å². The van der Waals surface area contributed by atoms with Crippen LogP contribution in [-0.2, 0) is 6.18 Å². The van der Waals surface area contributed by atoms with Crippen LogP contribution in [0.3, 0.4) is 0 Å². The first-order chi connectivity index (χ1) is 7.45. The van der Waals surface area contributed by atoms with E-state index in [0.717, 1.165) is 23.6 Å². The number of rotatable bonds is 4. The van der Waals surface area contributed by atoms with E-state index in [1.807, 2.05) is 6.26 Å². The predicted octanol–water partition coefficient (Wildman–Crippen LogP) is 3.74. The monoisotopic (exact) mass is 267 g/mol. The van der Waals surface area contributed by atoms with E-state index >= 15 is 0 Å². The third kappa shape index (κ3) is 3.83. The van der Waals surface area contributed by atoms with Crippen molar-refractivity contribution >= 4 is 29.2 Å². The molecule has 1 nitrogen and oxygen atoms in total. The summed E-state index contributed by atoms with van der Waals surface area (Å²) in [5.41, 5.74) is 5.07. The Morgan fingerprint density at radius 3 is 2.44 bits per heavy atom. The first-order valence-corrected chi connectivity index (χ1v) is 6.91. The maximum atomic E-state index is 12.3. The van der Waals surface area contributed by atoms with E-state index in [1.165, 1.54) is 17.8 Å². The molecular weight excluding hydrogens is 255 g/mol. The van der Waals surface area contributed by atoms with E-state index in [1.54, 1.807) is 11.8 Å². The lowest BCUT2D eigenvalue weighted by Gasteiger charge is -2.10. The first-order valence-electron chi connectivity index (χ1n) is 4.53. The number of anilines is 1. The van der Waals surface area contributed by atoms with Crippen LogP contribution in [0, 0.1) is 0 Å². The molecule has 0 saturated carbocycles. The topological polar surface area (TPSA) is 26.0 Å². The van der Waals surface area contributed by atoms with Crippen LogP contribution in [-0.4, -0.2) is 17.8 Å². The van der Waals surface area contributed by atoms with E-state index in [4.69, 9.17) is 5.73 Å². The predicted molar refractivity (Wildman–Crippen MR) is 65.0 cm³/mol. The summed E-state index contributed by atoms with van der Waals surface area (Å²) in [5.74, 6) is 1.79. The number of benzene rings is 1. The largest absolute Gasteiger partial charge is 0.416 e. The number of thioether (sulfide) groups is 2. The second-order valence-corrected chi connectivity index (χ2v) is 5.21. The van der Waals surface area contributed by atoms with Crippen LogP contribution in [0.1, 0.15) is 5.56 Å². The van der Waals surface area contributed by atoms with Gasteiger partial charge in [-0.1, -0.05) is 0 Å². The summed E-state index contributed by atoms with van der Waals surface area (Å²) in [6.45, 7) is 0. The van der Waals surface area contributed by atoms with Gasteiger partial charge < -0.3 is 5.73 Å². The van der Waals surface area contributed by atoms with Crippen LogP contribution >= 0.6 is 23.5 Å². The minimum atomic E-state index is -4.32. The maximum absolute atomic E-state index is 12.3. The lowest BCUT2D eigenvalue weighted by molar-refractivity contribution is -0.137. The van der Waals surface area contributed by atoms with Crippen molar-refractivity contribution in [1.82, 2.24) is 0 Å². The molecular formula is C10H12F3NS2. The van der Waals surface area contributed by atoms with Crippen LogP contribution in [0.5, 0.6) is 0 Å². The summed E-state index contributed by atoms with van der Waals surface area (Å²) in [4.78, 5) is 0.710. The minimum absolute atomic E-state index is 0.195. The average Bonchev–Trinajstić information content (AvgIpc) is 2.19. The summed E-state index contributed by atoms with van der Waals surface area (Å²) in [6.07, 6.45) is -2.34. The summed E-state index contributed by atoms with van der Waals surface area (Å²) >= 11 is 3.17. The van der Waals surface area contributed by atoms with Gasteiger partial charge in [-0.25, -0.2) is 0 Å². The fourth-order valence-corrected chi connectivity index (χ4v) is 2.70. The maximum Gasteiger partial charge on any atom is 0.416 e. The van der Waals surface area contributed by atoms with Crippen molar-refractivity contribution in [3.05, 3.63) is 23.8 Å². The number of halogens is 3. The van der Waals surface area contributed by atoms with Gasteiger partial charge >= 0.3 is 6.18 Å². The zero-order valence-electron chi connectivity index (χ0n) is 8.67. The molecule has 0 atom stereocenters. The minimum Gasteiger partial charge on any atom is -0.398 e. The molecule has 0 spiro atoms. The number of nitrogen functional groups attached to an aromatic ring is 1. The molecule has 1 aromatic carbocycles. The third-order valence-corrected chi connectivity index (χ3v) is 3.84. The van der Waals surface area contributed by atoms with Crippen molar-refractivity contribution in [3.63, 3.8) is 0 Å². The molecule has 0 unspecified atom stereocenters. The SMILES string of the molecule is CSCCSc1ccc(C(F)(F)F)cc1N. The zero-order chi connectivity index (χ0) is 12.2. The van der Waals surface area contributed by atoms with E-state index in [-0.39, 0.29) is 5.69 Å². The van der Waals surface area contributed by atoms with Gasteiger partial charge in [0.1, 0.15) is 0 Å². The Morgan fingerprint density at radius 1 is 1.25 bits per heavy atom. The van der Waals surface area contributed by atoms with Crippen molar-refractivity contribution in [1.29, 1.82) is 0 Å². The summed E-state index contributed by atoms with van der Waals surface area (Å²) in [6, 6.07) is 3.49. The highest BCUT2D eigenvalue weighted by Crippen LogP contribution is 2.34. The second kappa shape index (κ2) is 5.72. The van der Waals surface area contributed by atoms with Gasteiger partial charge in [-0.3, -0.25) is 0 Å². The molecule has 90 valence electrons. The van der Waals surface area contributed by atoms with E-state index in [0.29, 0.717) is 4.90 Å². The molecule has 1 rings (SSSR count). The Bertz CT molecular complexity index is 352. The number of nitrogens with two attached hydrogens (primary N) is 1. The van der Waals surface area contributed by atoms with Crippen molar-refractivity contribution in [2.24, 2.45) is 0 Å². The van der Waals surface area contributed by atoms with Gasteiger partial charge in [0, 0.05) is 22.1 Å². The fourth-order valence-electron chi connectivity index (χ4n) is 1.09. The molecule has 0 aromatic heterocycles. The Labute approximate surface area is 101 Å². The zero-order valence-corrected chi connectivity index (χ0v) is 10.3. The van der Waals surface area contributed by atoms with E-state index in [2.05, 4.69) is 0 Å². The van der Waals surface area contributed by atoms with Crippen molar-refractivity contribution in [2.45, 2.75) is 11.1 Å². The van der Waals surface area contributed by atoms with Gasteiger partial charge in [-0.2, -0.15) is 24.9 Å². The van der Waals surface area contributed by atoms with Crippen molar-refractivity contribution in [2.75, 3.05) is 23.5 Å². The second-order valence-electron chi connectivity index (χ2n) is 3.09. The highest BCUT2D eigenvalue weighted by atomic mass is 32.2. The molecule has 2 N–H and O–H groups in total. The van der Waals surface area contributed by atoms with Crippen LogP contribution in [0.2, 0.25) is 0 Å². The van der Waals surface area contributed by atoms with Crippen LogP contribution in [0.25, 0.3) is 0 Å². The Balaban J connectivity index is 2.76. The number of hydrogen-bond donors (Lipinski definition) is 1. The van der Waals surface area contributed by atoms with Crippen molar-refractivity contribution in [3.8, 4) is 0 Å². The molecule has 0 saturated heterocycles. The smallest absolute Gasteiger partial charge is 0.398 e. The van der Waals surface area contributed by atoms with Gasteiger partial charge in [-0.05, 0) is 24.5 Å². The van der Waals surface area contributed by atoms with Crippen molar-refractivity contribution < 1.29 is 13.2 Å². The number of hydrogen-bond acceptors (Lipinski definition) is 3. The average molecular weight is 267 g/mol. The van der Waals surface area contributed by atoms with Gasteiger partial charge in [-0.15, -0.1) is 11.8 Å². The van der Waals surface area contributed by atoms with Crippen LogP contribution in [0.4, 0.5) is 18.9 Å². The quantitative estimate of drug-likeness (QED) is 0.511.